The predicted octanol–water partition coefficient (Wildman–Crippen LogP) is 4.16. The Kier molecular flexibility index (Phi) is 4.57. The molecule has 0 fully saturated rings. The fraction of sp³-hybridized carbons (Fsp3) is 0.214. The quantitative estimate of drug-likeness (QED) is 0.833. The third-order valence-corrected chi connectivity index (χ3v) is 3.38. The SMILES string of the molecule is CCCn1cccc1C(=O)Nc1cc(Cl)c(O)c(Cl)c1. The molecule has 0 spiro atoms. The highest BCUT2D eigenvalue weighted by molar-refractivity contribution is 6.37. The van der Waals surface area contributed by atoms with Gasteiger partial charge in [-0.3, -0.25) is 4.79 Å². The van der Waals surface area contributed by atoms with Crippen LogP contribution in [0.2, 0.25) is 10.0 Å². The number of amides is 1. The van der Waals surface area contributed by atoms with E-state index < -0.39 is 0 Å². The van der Waals surface area contributed by atoms with Gasteiger partial charge < -0.3 is 15.0 Å². The lowest BCUT2D eigenvalue weighted by Gasteiger charge is -2.10. The number of benzene rings is 1. The highest BCUT2D eigenvalue weighted by Crippen LogP contribution is 2.34. The van der Waals surface area contributed by atoms with E-state index in [1.54, 1.807) is 6.07 Å². The van der Waals surface area contributed by atoms with Crippen molar-refractivity contribution in [3.05, 3.63) is 46.2 Å². The largest absolute Gasteiger partial charge is 0.505 e. The molecule has 0 atom stereocenters. The van der Waals surface area contributed by atoms with E-state index in [9.17, 15) is 9.90 Å². The van der Waals surface area contributed by atoms with Crippen LogP contribution in [0.15, 0.2) is 30.5 Å². The van der Waals surface area contributed by atoms with Gasteiger partial charge in [0.15, 0.2) is 5.75 Å². The molecule has 106 valence electrons. The number of phenols is 1. The number of carbonyl (C=O) groups excluding carboxylic acids is 1. The van der Waals surface area contributed by atoms with Crippen LogP contribution in [0.5, 0.6) is 5.75 Å². The van der Waals surface area contributed by atoms with Crippen molar-refractivity contribution in [3.8, 4) is 5.75 Å². The van der Waals surface area contributed by atoms with E-state index in [1.165, 1.54) is 12.1 Å². The number of hydrogen-bond acceptors (Lipinski definition) is 2. The molecule has 1 aromatic carbocycles. The Labute approximate surface area is 126 Å². The third-order valence-electron chi connectivity index (χ3n) is 2.80. The first-order chi connectivity index (χ1) is 9.52. The molecule has 2 N–H and O–H groups in total. The van der Waals surface area contributed by atoms with Gasteiger partial charge in [-0.1, -0.05) is 30.1 Å². The zero-order valence-corrected chi connectivity index (χ0v) is 12.4. The Bertz CT molecular complexity index is 615. The van der Waals surface area contributed by atoms with Gasteiger partial charge in [-0.15, -0.1) is 0 Å². The van der Waals surface area contributed by atoms with Crippen LogP contribution in [0, 0.1) is 0 Å². The molecule has 0 bridgehead atoms. The maximum atomic E-state index is 12.2. The monoisotopic (exact) mass is 312 g/mol. The van der Waals surface area contributed by atoms with Crippen molar-refractivity contribution in [3.63, 3.8) is 0 Å². The molecule has 0 aliphatic heterocycles. The second-order valence-electron chi connectivity index (χ2n) is 4.33. The van der Waals surface area contributed by atoms with Crippen molar-refractivity contribution >= 4 is 34.8 Å². The van der Waals surface area contributed by atoms with Gasteiger partial charge >= 0.3 is 0 Å². The lowest BCUT2D eigenvalue weighted by atomic mass is 10.3. The van der Waals surface area contributed by atoms with Crippen molar-refractivity contribution in [2.24, 2.45) is 0 Å². The van der Waals surface area contributed by atoms with Crippen LogP contribution in [0.3, 0.4) is 0 Å². The average Bonchev–Trinajstić information content (AvgIpc) is 2.84. The Morgan fingerprint density at radius 2 is 2.00 bits per heavy atom. The fourth-order valence-electron chi connectivity index (χ4n) is 1.89. The Balaban J connectivity index is 2.21. The summed E-state index contributed by atoms with van der Waals surface area (Å²) in [4.78, 5) is 12.2. The molecule has 0 saturated heterocycles. The van der Waals surface area contributed by atoms with E-state index in [0.29, 0.717) is 11.4 Å². The maximum Gasteiger partial charge on any atom is 0.272 e. The first kappa shape index (κ1) is 14.8. The lowest BCUT2D eigenvalue weighted by molar-refractivity contribution is 0.101. The second-order valence-corrected chi connectivity index (χ2v) is 5.14. The van der Waals surface area contributed by atoms with E-state index in [0.717, 1.165) is 13.0 Å². The van der Waals surface area contributed by atoms with Gasteiger partial charge in [-0.25, -0.2) is 0 Å². The van der Waals surface area contributed by atoms with Gasteiger partial charge in [0, 0.05) is 18.4 Å². The van der Waals surface area contributed by atoms with Gasteiger partial charge in [0.1, 0.15) is 5.69 Å². The van der Waals surface area contributed by atoms with Crippen molar-refractivity contribution in [2.45, 2.75) is 19.9 Å². The first-order valence-corrected chi connectivity index (χ1v) is 6.93. The normalized spacial score (nSPS) is 10.6. The molecule has 1 amide bonds. The minimum Gasteiger partial charge on any atom is -0.505 e. The van der Waals surface area contributed by atoms with E-state index in [2.05, 4.69) is 5.32 Å². The molecule has 1 aromatic heterocycles. The third kappa shape index (κ3) is 3.08. The van der Waals surface area contributed by atoms with Crippen LogP contribution in [-0.2, 0) is 6.54 Å². The summed E-state index contributed by atoms with van der Waals surface area (Å²) in [5.74, 6) is -0.443. The number of nitrogens with zero attached hydrogens (tertiary/aromatic N) is 1. The average molecular weight is 313 g/mol. The molecular formula is C14H14Cl2N2O2. The smallest absolute Gasteiger partial charge is 0.272 e. The highest BCUT2D eigenvalue weighted by Gasteiger charge is 2.13. The minimum atomic E-state index is -0.249. The van der Waals surface area contributed by atoms with Crippen LogP contribution < -0.4 is 5.32 Å². The van der Waals surface area contributed by atoms with Crippen LogP contribution >= 0.6 is 23.2 Å². The number of aryl methyl sites for hydroxylation is 1. The predicted molar refractivity (Wildman–Crippen MR) is 80.8 cm³/mol. The summed E-state index contributed by atoms with van der Waals surface area (Å²) in [7, 11) is 0. The van der Waals surface area contributed by atoms with E-state index in [4.69, 9.17) is 23.2 Å². The molecule has 0 aliphatic carbocycles. The molecule has 4 nitrogen and oxygen atoms in total. The summed E-state index contributed by atoms with van der Waals surface area (Å²) in [6.45, 7) is 2.81. The summed E-state index contributed by atoms with van der Waals surface area (Å²) in [6, 6.07) is 6.47. The topological polar surface area (TPSA) is 54.3 Å². The number of hydrogen-bond donors (Lipinski definition) is 2. The summed E-state index contributed by atoms with van der Waals surface area (Å²) >= 11 is 11.6. The van der Waals surface area contributed by atoms with Crippen molar-refractivity contribution in [2.75, 3.05) is 5.32 Å². The summed E-state index contributed by atoms with van der Waals surface area (Å²) in [6.07, 6.45) is 2.79. The molecule has 6 heteroatoms. The standard InChI is InChI=1S/C14H14Cl2N2O2/c1-2-5-18-6-3-4-12(18)14(20)17-9-7-10(15)13(19)11(16)8-9/h3-4,6-8,19H,2,5H2,1H3,(H,17,20). The van der Waals surface area contributed by atoms with Gasteiger partial charge in [-0.05, 0) is 30.7 Å². The molecule has 0 aliphatic rings. The Morgan fingerprint density at radius 1 is 1.35 bits per heavy atom. The first-order valence-electron chi connectivity index (χ1n) is 6.17. The second kappa shape index (κ2) is 6.20. The van der Waals surface area contributed by atoms with E-state index in [1.807, 2.05) is 23.8 Å². The van der Waals surface area contributed by atoms with Crippen molar-refractivity contribution < 1.29 is 9.90 Å². The number of anilines is 1. The molecule has 1 heterocycles. The van der Waals surface area contributed by atoms with Crippen molar-refractivity contribution in [1.82, 2.24) is 4.57 Å². The lowest BCUT2D eigenvalue weighted by Crippen LogP contribution is -2.16. The Hall–Kier alpha value is -1.65. The van der Waals surface area contributed by atoms with Crippen LogP contribution in [-0.4, -0.2) is 15.6 Å². The zero-order chi connectivity index (χ0) is 14.7. The maximum absolute atomic E-state index is 12.2. The molecule has 0 radical (unpaired) electrons. The summed E-state index contributed by atoms with van der Waals surface area (Å²) in [5, 5.41) is 12.4. The number of phenolic OH excluding ortho intramolecular Hbond substituents is 1. The fourth-order valence-corrected chi connectivity index (χ4v) is 2.38. The summed E-state index contributed by atoms with van der Waals surface area (Å²) < 4.78 is 1.87. The van der Waals surface area contributed by atoms with Gasteiger partial charge in [-0.2, -0.15) is 0 Å². The van der Waals surface area contributed by atoms with Crippen LogP contribution in [0.25, 0.3) is 0 Å². The highest BCUT2D eigenvalue weighted by atomic mass is 35.5. The number of rotatable bonds is 4. The number of carbonyl (C=O) groups is 1. The molecule has 2 rings (SSSR count). The molecule has 0 unspecified atom stereocenters. The zero-order valence-electron chi connectivity index (χ0n) is 10.9. The number of halogens is 2. The minimum absolute atomic E-state index is 0.0942. The summed E-state index contributed by atoms with van der Waals surface area (Å²) in [5.41, 5.74) is 0.999. The van der Waals surface area contributed by atoms with E-state index >= 15 is 0 Å². The van der Waals surface area contributed by atoms with Crippen molar-refractivity contribution in [1.29, 1.82) is 0 Å². The van der Waals surface area contributed by atoms with Crippen LogP contribution in [0.1, 0.15) is 23.8 Å². The molecular weight excluding hydrogens is 299 g/mol. The Morgan fingerprint density at radius 3 is 2.60 bits per heavy atom. The molecule has 0 saturated carbocycles. The van der Waals surface area contributed by atoms with Crippen LogP contribution in [0.4, 0.5) is 5.69 Å². The van der Waals surface area contributed by atoms with Gasteiger partial charge in [0.25, 0.3) is 5.91 Å². The molecule has 20 heavy (non-hydrogen) atoms. The van der Waals surface area contributed by atoms with Gasteiger partial charge in [0.2, 0.25) is 0 Å². The number of aromatic nitrogens is 1. The van der Waals surface area contributed by atoms with E-state index in [-0.39, 0.29) is 21.7 Å². The number of aromatic hydroxyl groups is 1. The van der Waals surface area contributed by atoms with Gasteiger partial charge in [0.05, 0.1) is 10.0 Å². The molecule has 2 aromatic rings. The number of nitrogens with one attached hydrogen (secondary N) is 1.